The number of amides is 1. The molecule has 0 N–H and O–H groups in total. The highest BCUT2D eigenvalue weighted by molar-refractivity contribution is 14.1. The summed E-state index contributed by atoms with van der Waals surface area (Å²) in [5.74, 6) is -0.565. The molecular formula is C12H10BrF3INO. The van der Waals surface area contributed by atoms with Crippen molar-refractivity contribution in [3.8, 4) is 0 Å². The molecule has 0 bridgehead atoms. The molecule has 0 spiro atoms. The van der Waals surface area contributed by atoms with Crippen molar-refractivity contribution in [3.05, 3.63) is 31.8 Å². The zero-order valence-corrected chi connectivity index (χ0v) is 13.4. The number of hydrogen-bond donors (Lipinski definition) is 0. The van der Waals surface area contributed by atoms with Gasteiger partial charge in [0.25, 0.3) is 5.91 Å². The number of carbonyl (C=O) groups is 1. The van der Waals surface area contributed by atoms with E-state index in [1.807, 2.05) is 22.6 Å². The van der Waals surface area contributed by atoms with Crippen LogP contribution in [0.15, 0.2) is 22.7 Å². The first-order valence-electron chi connectivity index (χ1n) is 5.61. The number of carbonyl (C=O) groups excluding carboxylic acids is 1. The van der Waals surface area contributed by atoms with Crippen LogP contribution < -0.4 is 0 Å². The van der Waals surface area contributed by atoms with Crippen molar-refractivity contribution in [2.45, 2.75) is 25.1 Å². The van der Waals surface area contributed by atoms with E-state index in [-0.39, 0.29) is 11.6 Å². The van der Waals surface area contributed by atoms with Gasteiger partial charge < -0.3 is 4.90 Å². The molecular weight excluding hydrogens is 438 g/mol. The van der Waals surface area contributed by atoms with Gasteiger partial charge in [0.15, 0.2) is 0 Å². The molecule has 1 amide bonds. The summed E-state index contributed by atoms with van der Waals surface area (Å²) in [6.45, 7) is -1.19. The molecule has 0 aliphatic heterocycles. The van der Waals surface area contributed by atoms with Gasteiger partial charge in [0.05, 0.1) is 5.56 Å². The summed E-state index contributed by atoms with van der Waals surface area (Å²) in [4.78, 5) is 13.2. The highest BCUT2D eigenvalue weighted by Gasteiger charge is 2.41. The molecule has 2 nitrogen and oxygen atoms in total. The topological polar surface area (TPSA) is 20.3 Å². The highest BCUT2D eigenvalue weighted by atomic mass is 127. The fraction of sp³-hybridized carbons (Fsp3) is 0.417. The maximum atomic E-state index is 12.5. The largest absolute Gasteiger partial charge is 0.406 e. The third kappa shape index (κ3) is 4.08. The Kier molecular flexibility index (Phi) is 4.44. The van der Waals surface area contributed by atoms with Gasteiger partial charge in [-0.1, -0.05) is 0 Å². The fourth-order valence-corrected chi connectivity index (χ4v) is 2.67. The van der Waals surface area contributed by atoms with Crippen LogP contribution in [0, 0.1) is 3.57 Å². The lowest BCUT2D eigenvalue weighted by molar-refractivity contribution is -0.141. The monoisotopic (exact) mass is 447 g/mol. The molecule has 104 valence electrons. The molecule has 7 heteroatoms. The number of rotatable bonds is 3. The van der Waals surface area contributed by atoms with Gasteiger partial charge in [-0.05, 0) is 69.6 Å². The Bertz CT molecular complexity index is 502. The van der Waals surface area contributed by atoms with Crippen LogP contribution in [0.25, 0.3) is 0 Å². The van der Waals surface area contributed by atoms with Crippen LogP contribution in [0.1, 0.15) is 23.2 Å². The summed E-state index contributed by atoms with van der Waals surface area (Å²) >= 11 is 5.24. The lowest BCUT2D eigenvalue weighted by atomic mass is 10.2. The summed E-state index contributed by atoms with van der Waals surface area (Å²) in [6, 6.07) is 4.78. The minimum Gasteiger partial charge on any atom is -0.327 e. The van der Waals surface area contributed by atoms with Crippen LogP contribution in [-0.4, -0.2) is 29.6 Å². The number of hydrogen-bond acceptors (Lipinski definition) is 1. The van der Waals surface area contributed by atoms with Gasteiger partial charge in [0.2, 0.25) is 0 Å². The first kappa shape index (κ1) is 15.1. The predicted octanol–water partition coefficient (Wildman–Crippen LogP) is 4.22. The molecule has 0 heterocycles. The zero-order chi connectivity index (χ0) is 14.2. The molecule has 0 unspecified atom stereocenters. The predicted molar refractivity (Wildman–Crippen MR) is 77.0 cm³/mol. The van der Waals surface area contributed by atoms with Crippen molar-refractivity contribution >= 4 is 44.4 Å². The minimum absolute atomic E-state index is 0.279. The van der Waals surface area contributed by atoms with Gasteiger partial charge in [-0.2, -0.15) is 13.2 Å². The smallest absolute Gasteiger partial charge is 0.327 e. The van der Waals surface area contributed by atoms with Gasteiger partial charge in [-0.3, -0.25) is 4.79 Å². The van der Waals surface area contributed by atoms with E-state index in [0.29, 0.717) is 17.3 Å². The van der Waals surface area contributed by atoms with Crippen molar-refractivity contribution in [1.29, 1.82) is 0 Å². The Morgan fingerprint density at radius 2 is 2.05 bits per heavy atom. The quantitative estimate of drug-likeness (QED) is 0.635. The summed E-state index contributed by atoms with van der Waals surface area (Å²) in [7, 11) is 0. The van der Waals surface area contributed by atoms with E-state index >= 15 is 0 Å². The van der Waals surface area contributed by atoms with Crippen molar-refractivity contribution in [1.82, 2.24) is 4.90 Å². The molecule has 0 saturated heterocycles. The Hall–Kier alpha value is -0.310. The average Bonchev–Trinajstić information content (AvgIpc) is 3.11. The van der Waals surface area contributed by atoms with Crippen LogP contribution >= 0.6 is 38.5 Å². The summed E-state index contributed by atoms with van der Waals surface area (Å²) in [5.41, 5.74) is 0.281. The highest BCUT2D eigenvalue weighted by Crippen LogP contribution is 2.32. The van der Waals surface area contributed by atoms with Crippen LogP contribution in [0.4, 0.5) is 13.2 Å². The second-order valence-electron chi connectivity index (χ2n) is 4.40. The lowest BCUT2D eigenvalue weighted by Crippen LogP contribution is -2.40. The zero-order valence-electron chi connectivity index (χ0n) is 9.68. The number of benzene rings is 1. The maximum absolute atomic E-state index is 12.5. The average molecular weight is 448 g/mol. The molecule has 1 aliphatic carbocycles. The Labute approximate surface area is 130 Å². The van der Waals surface area contributed by atoms with Crippen LogP contribution in [0.2, 0.25) is 0 Å². The molecule has 1 fully saturated rings. The number of alkyl halides is 3. The van der Waals surface area contributed by atoms with E-state index < -0.39 is 18.6 Å². The second-order valence-corrected chi connectivity index (χ2v) is 6.50. The Balaban J connectivity index is 2.26. The van der Waals surface area contributed by atoms with Crippen molar-refractivity contribution in [2.75, 3.05) is 6.54 Å². The standard InChI is InChI=1S/C12H10BrF3INO/c13-10-4-1-7(17)5-9(10)11(19)18(8-2-3-8)6-12(14,15)16/h1,4-5,8H,2-3,6H2. The number of halogens is 5. The Morgan fingerprint density at radius 3 is 2.58 bits per heavy atom. The van der Waals surface area contributed by atoms with E-state index in [0.717, 1.165) is 8.47 Å². The van der Waals surface area contributed by atoms with Gasteiger partial charge in [-0.25, -0.2) is 0 Å². The fourth-order valence-electron chi connectivity index (χ4n) is 1.76. The minimum atomic E-state index is -4.37. The molecule has 1 aromatic carbocycles. The SMILES string of the molecule is O=C(c1cc(I)ccc1Br)N(CC(F)(F)F)C1CC1. The molecule has 0 radical (unpaired) electrons. The normalized spacial score (nSPS) is 15.4. The first-order valence-corrected chi connectivity index (χ1v) is 7.48. The third-order valence-corrected chi connectivity index (χ3v) is 4.12. The third-order valence-electron chi connectivity index (χ3n) is 2.76. The van der Waals surface area contributed by atoms with Crippen molar-refractivity contribution in [3.63, 3.8) is 0 Å². The first-order chi connectivity index (χ1) is 8.78. The number of nitrogens with zero attached hydrogens (tertiary/aromatic N) is 1. The van der Waals surface area contributed by atoms with Gasteiger partial charge in [0.1, 0.15) is 6.54 Å². The molecule has 1 aromatic rings. The molecule has 1 saturated carbocycles. The summed E-state index contributed by atoms with van der Waals surface area (Å²) < 4.78 is 39.0. The van der Waals surface area contributed by atoms with E-state index in [2.05, 4.69) is 15.9 Å². The van der Waals surface area contributed by atoms with E-state index in [9.17, 15) is 18.0 Å². The van der Waals surface area contributed by atoms with E-state index in [4.69, 9.17) is 0 Å². The van der Waals surface area contributed by atoms with Crippen LogP contribution in [0.5, 0.6) is 0 Å². The van der Waals surface area contributed by atoms with Gasteiger partial charge in [0, 0.05) is 14.1 Å². The molecule has 0 atom stereocenters. The van der Waals surface area contributed by atoms with Crippen LogP contribution in [-0.2, 0) is 0 Å². The van der Waals surface area contributed by atoms with Crippen molar-refractivity contribution in [2.24, 2.45) is 0 Å². The maximum Gasteiger partial charge on any atom is 0.406 e. The summed E-state index contributed by atoms with van der Waals surface area (Å²) in [5, 5.41) is 0. The van der Waals surface area contributed by atoms with Crippen molar-refractivity contribution < 1.29 is 18.0 Å². The Morgan fingerprint density at radius 1 is 1.42 bits per heavy atom. The molecule has 0 aromatic heterocycles. The summed E-state index contributed by atoms with van der Waals surface area (Å²) in [6.07, 6.45) is -3.08. The molecule has 1 aliphatic rings. The van der Waals surface area contributed by atoms with Crippen LogP contribution in [0.3, 0.4) is 0 Å². The van der Waals surface area contributed by atoms with Gasteiger partial charge in [-0.15, -0.1) is 0 Å². The lowest BCUT2D eigenvalue weighted by Gasteiger charge is -2.24. The van der Waals surface area contributed by atoms with E-state index in [1.54, 1.807) is 18.2 Å². The molecule has 2 rings (SSSR count). The van der Waals surface area contributed by atoms with Gasteiger partial charge >= 0.3 is 6.18 Å². The van der Waals surface area contributed by atoms with E-state index in [1.165, 1.54) is 0 Å². The second kappa shape index (κ2) is 5.59. The molecule has 19 heavy (non-hydrogen) atoms.